The predicted molar refractivity (Wildman–Crippen MR) is 110 cm³/mol. The Balaban J connectivity index is 1.48. The van der Waals surface area contributed by atoms with Crippen LogP contribution in [0, 0.1) is 5.82 Å². The predicted octanol–water partition coefficient (Wildman–Crippen LogP) is 1.86. The van der Waals surface area contributed by atoms with E-state index in [4.69, 9.17) is 0 Å². The van der Waals surface area contributed by atoms with Gasteiger partial charge < -0.3 is 20.1 Å². The van der Waals surface area contributed by atoms with Crippen LogP contribution in [0.4, 0.5) is 10.2 Å². The minimum Gasteiger partial charge on any atom is -0.352 e. The lowest BCUT2D eigenvalue weighted by Gasteiger charge is -2.34. The Morgan fingerprint density at radius 3 is 2.80 bits per heavy atom. The van der Waals surface area contributed by atoms with Crippen LogP contribution in [-0.2, 0) is 11.3 Å². The second-order valence-electron chi connectivity index (χ2n) is 6.96. The van der Waals surface area contributed by atoms with Crippen LogP contribution in [0.2, 0.25) is 0 Å². The Morgan fingerprint density at radius 2 is 2.07 bits per heavy atom. The first-order valence-corrected chi connectivity index (χ1v) is 9.58. The third-order valence-electron chi connectivity index (χ3n) is 5.04. The van der Waals surface area contributed by atoms with Crippen molar-refractivity contribution in [3.8, 4) is 0 Å². The summed E-state index contributed by atoms with van der Waals surface area (Å²) < 4.78 is 13.3. The van der Waals surface area contributed by atoms with E-state index in [2.05, 4.69) is 26.8 Å². The molecule has 0 atom stereocenters. The van der Waals surface area contributed by atoms with Gasteiger partial charge in [-0.2, -0.15) is 0 Å². The summed E-state index contributed by atoms with van der Waals surface area (Å²) in [5.74, 6) is -0.108. The molecule has 1 aliphatic heterocycles. The lowest BCUT2D eigenvalue weighted by atomic mass is 10.2. The molecule has 3 aromatic rings. The number of piperazine rings is 1. The number of H-pyrrole nitrogens is 1. The van der Waals surface area contributed by atoms with Crippen LogP contribution in [-0.4, -0.2) is 57.8 Å². The molecule has 154 valence electrons. The Kier molecular flexibility index (Phi) is 5.42. The molecule has 3 heterocycles. The van der Waals surface area contributed by atoms with Crippen molar-refractivity contribution in [2.45, 2.75) is 6.54 Å². The minimum absolute atomic E-state index is 0.0842. The van der Waals surface area contributed by atoms with E-state index in [1.54, 1.807) is 29.4 Å². The zero-order valence-electron chi connectivity index (χ0n) is 16.3. The number of nitrogens with zero attached hydrogens (tertiary/aromatic N) is 4. The summed E-state index contributed by atoms with van der Waals surface area (Å²) in [6.45, 7) is 6.09. The lowest BCUT2D eigenvalue weighted by molar-refractivity contribution is -0.126. The van der Waals surface area contributed by atoms with E-state index in [0.717, 1.165) is 0 Å². The van der Waals surface area contributed by atoms with Gasteiger partial charge in [0.15, 0.2) is 5.65 Å². The summed E-state index contributed by atoms with van der Waals surface area (Å²) >= 11 is 0. The van der Waals surface area contributed by atoms with Crippen molar-refractivity contribution < 1.29 is 14.0 Å². The van der Waals surface area contributed by atoms with Crippen LogP contribution in [0.25, 0.3) is 11.2 Å². The number of carbonyl (C=O) groups is 2. The monoisotopic (exact) mass is 408 g/mol. The molecule has 0 aliphatic carbocycles. The molecular weight excluding hydrogens is 387 g/mol. The summed E-state index contributed by atoms with van der Waals surface area (Å²) in [6, 6.07) is 6.08. The molecule has 30 heavy (non-hydrogen) atoms. The van der Waals surface area contributed by atoms with Crippen LogP contribution in [0.3, 0.4) is 0 Å². The second-order valence-corrected chi connectivity index (χ2v) is 6.96. The van der Waals surface area contributed by atoms with Crippen LogP contribution in [0.15, 0.2) is 49.3 Å². The standard InChI is InChI=1S/C21H21FN6O2/c1-2-18(29)28-8-6-27(7-9-28)17-13-24-20-19(26-17)16(12-23-20)21(30)25-11-14-4-3-5-15(22)10-14/h2-5,10,12-13H,1,6-9,11H2,(H,23,24)(H,25,30). The highest BCUT2D eigenvalue weighted by molar-refractivity contribution is 6.04. The number of aromatic nitrogens is 3. The first-order valence-electron chi connectivity index (χ1n) is 9.58. The number of hydrogen-bond acceptors (Lipinski definition) is 5. The molecule has 0 spiro atoms. The maximum Gasteiger partial charge on any atom is 0.255 e. The van der Waals surface area contributed by atoms with Gasteiger partial charge >= 0.3 is 0 Å². The highest BCUT2D eigenvalue weighted by Crippen LogP contribution is 2.20. The summed E-state index contributed by atoms with van der Waals surface area (Å²) in [7, 11) is 0. The van der Waals surface area contributed by atoms with Crippen molar-refractivity contribution in [1.82, 2.24) is 25.2 Å². The SMILES string of the molecule is C=CC(=O)N1CCN(c2cnc3[nH]cc(C(=O)NCc4cccc(F)c4)c3n2)CC1. The topological polar surface area (TPSA) is 94.2 Å². The highest BCUT2D eigenvalue weighted by atomic mass is 19.1. The molecule has 0 bridgehead atoms. The molecule has 0 radical (unpaired) electrons. The van der Waals surface area contributed by atoms with E-state index in [0.29, 0.717) is 54.3 Å². The quantitative estimate of drug-likeness (QED) is 0.629. The average molecular weight is 408 g/mol. The van der Waals surface area contributed by atoms with Gasteiger partial charge in [-0.05, 0) is 23.8 Å². The molecule has 4 rings (SSSR count). The molecule has 1 aliphatic rings. The molecule has 1 fully saturated rings. The number of fused-ring (bicyclic) bond motifs is 1. The third-order valence-corrected chi connectivity index (χ3v) is 5.04. The summed E-state index contributed by atoms with van der Waals surface area (Å²) in [6.07, 6.45) is 4.53. The largest absolute Gasteiger partial charge is 0.352 e. The fourth-order valence-corrected chi connectivity index (χ4v) is 3.42. The average Bonchev–Trinajstić information content (AvgIpc) is 3.20. The first kappa shape index (κ1) is 19.6. The number of benzene rings is 1. The Bertz CT molecular complexity index is 1100. The summed E-state index contributed by atoms with van der Waals surface area (Å²) in [4.78, 5) is 40.1. The van der Waals surface area contributed by atoms with Crippen molar-refractivity contribution in [1.29, 1.82) is 0 Å². The number of carbonyl (C=O) groups excluding carboxylic acids is 2. The Morgan fingerprint density at radius 1 is 1.27 bits per heavy atom. The molecule has 2 N–H and O–H groups in total. The maximum atomic E-state index is 13.3. The summed E-state index contributed by atoms with van der Waals surface area (Å²) in [5.41, 5.74) is 2.02. The lowest BCUT2D eigenvalue weighted by Crippen LogP contribution is -2.48. The first-order chi connectivity index (χ1) is 14.5. The van der Waals surface area contributed by atoms with Gasteiger partial charge in [-0.15, -0.1) is 0 Å². The zero-order valence-corrected chi connectivity index (χ0v) is 16.3. The maximum absolute atomic E-state index is 13.3. The number of hydrogen-bond donors (Lipinski definition) is 2. The molecular formula is C21H21FN6O2. The van der Waals surface area contributed by atoms with Gasteiger partial charge in [0, 0.05) is 38.9 Å². The smallest absolute Gasteiger partial charge is 0.255 e. The van der Waals surface area contributed by atoms with Crippen molar-refractivity contribution in [2.24, 2.45) is 0 Å². The van der Waals surface area contributed by atoms with E-state index in [1.807, 2.05) is 4.90 Å². The Labute approximate surface area is 172 Å². The third kappa shape index (κ3) is 4.00. The van der Waals surface area contributed by atoms with Crippen molar-refractivity contribution in [2.75, 3.05) is 31.1 Å². The number of anilines is 1. The van der Waals surface area contributed by atoms with Crippen molar-refractivity contribution in [3.63, 3.8) is 0 Å². The number of halogens is 1. The highest BCUT2D eigenvalue weighted by Gasteiger charge is 2.22. The molecule has 2 aromatic heterocycles. The molecule has 9 heteroatoms. The van der Waals surface area contributed by atoms with Gasteiger partial charge in [-0.1, -0.05) is 18.7 Å². The molecule has 1 saturated heterocycles. The van der Waals surface area contributed by atoms with E-state index in [-0.39, 0.29) is 24.2 Å². The van der Waals surface area contributed by atoms with Gasteiger partial charge in [-0.25, -0.2) is 14.4 Å². The minimum atomic E-state index is -0.348. The molecule has 0 saturated carbocycles. The molecule has 2 amide bonds. The van der Waals surface area contributed by atoms with Crippen LogP contribution in [0.5, 0.6) is 0 Å². The summed E-state index contributed by atoms with van der Waals surface area (Å²) in [5, 5.41) is 2.78. The number of aromatic amines is 1. The number of nitrogens with one attached hydrogen (secondary N) is 2. The van der Waals surface area contributed by atoms with Crippen LogP contribution < -0.4 is 10.2 Å². The van der Waals surface area contributed by atoms with E-state index in [9.17, 15) is 14.0 Å². The van der Waals surface area contributed by atoms with E-state index < -0.39 is 0 Å². The number of rotatable bonds is 5. The fraction of sp³-hybridized carbons (Fsp3) is 0.238. The van der Waals surface area contributed by atoms with Crippen LogP contribution in [0.1, 0.15) is 15.9 Å². The van der Waals surface area contributed by atoms with Crippen molar-refractivity contribution >= 4 is 28.8 Å². The fourth-order valence-electron chi connectivity index (χ4n) is 3.42. The van der Waals surface area contributed by atoms with Crippen LogP contribution >= 0.6 is 0 Å². The van der Waals surface area contributed by atoms with Gasteiger partial charge in [0.1, 0.15) is 17.2 Å². The van der Waals surface area contributed by atoms with E-state index in [1.165, 1.54) is 18.2 Å². The number of amides is 2. The van der Waals surface area contributed by atoms with Gasteiger partial charge in [0.25, 0.3) is 5.91 Å². The van der Waals surface area contributed by atoms with E-state index >= 15 is 0 Å². The molecule has 0 unspecified atom stereocenters. The normalized spacial score (nSPS) is 14.0. The van der Waals surface area contributed by atoms with Gasteiger partial charge in [-0.3, -0.25) is 9.59 Å². The van der Waals surface area contributed by atoms with Gasteiger partial charge in [0.2, 0.25) is 5.91 Å². The van der Waals surface area contributed by atoms with Crippen molar-refractivity contribution in [3.05, 3.63) is 66.3 Å². The molecule has 8 nitrogen and oxygen atoms in total. The zero-order chi connectivity index (χ0) is 21.1. The molecule has 1 aromatic carbocycles. The second kappa shape index (κ2) is 8.32. The Hall–Kier alpha value is -3.75. The van der Waals surface area contributed by atoms with Gasteiger partial charge in [0.05, 0.1) is 11.8 Å².